The van der Waals surface area contributed by atoms with Crippen LogP contribution in [0.15, 0.2) is 12.2 Å². The van der Waals surface area contributed by atoms with Gasteiger partial charge in [0.25, 0.3) is 0 Å². The van der Waals surface area contributed by atoms with Crippen LogP contribution in [0.4, 0.5) is 0 Å². The van der Waals surface area contributed by atoms with Crippen LogP contribution in [0.5, 0.6) is 11.8 Å². The number of allylic oxidation sites excluding steroid dienone is 2. The van der Waals surface area contributed by atoms with Crippen LogP contribution in [-0.4, -0.2) is 26.5 Å². The molecule has 0 bridgehead atoms. The third-order valence-electron chi connectivity index (χ3n) is 2.55. The summed E-state index contributed by atoms with van der Waals surface area (Å²) in [6.07, 6.45) is 5.22. The van der Waals surface area contributed by atoms with E-state index in [1.807, 2.05) is 12.2 Å². The highest BCUT2D eigenvalue weighted by molar-refractivity contribution is 5.49. The molecule has 1 aromatic heterocycles. The smallest absolute Gasteiger partial charge is 0.197 e. The summed E-state index contributed by atoms with van der Waals surface area (Å²) in [6, 6.07) is 0. The molecule has 76 valence electrons. The molecule has 0 aliphatic heterocycles. The number of hydrogen-bond acceptors (Lipinski definition) is 3. The third kappa shape index (κ3) is 1.19. The van der Waals surface area contributed by atoms with Gasteiger partial charge in [0.15, 0.2) is 11.8 Å². The first kappa shape index (κ1) is 9.15. The number of aromatic nitrogens is 1. The lowest BCUT2D eigenvalue weighted by atomic mass is 10.0. The second-order valence-corrected chi connectivity index (χ2v) is 3.36. The Kier molecular flexibility index (Phi) is 2.21. The molecule has 2 rings (SSSR count). The van der Waals surface area contributed by atoms with Gasteiger partial charge in [-0.1, -0.05) is 12.2 Å². The van der Waals surface area contributed by atoms with E-state index in [1.54, 1.807) is 0 Å². The molecule has 1 heterocycles. The molecule has 0 aromatic carbocycles. The maximum atomic E-state index is 9.74. The Hall–Kier alpha value is -1.42. The van der Waals surface area contributed by atoms with E-state index in [0.29, 0.717) is 12.8 Å². The van der Waals surface area contributed by atoms with Crippen LogP contribution in [0.3, 0.4) is 0 Å². The molecule has 0 fully saturated rings. The maximum Gasteiger partial charge on any atom is 0.197 e. The average Bonchev–Trinajstić information content (AvgIpc) is 2.45. The van der Waals surface area contributed by atoms with Crippen molar-refractivity contribution >= 4 is 0 Å². The zero-order valence-corrected chi connectivity index (χ0v) is 7.77. The van der Waals surface area contributed by atoms with Crippen molar-refractivity contribution in [3.05, 3.63) is 23.3 Å². The summed E-state index contributed by atoms with van der Waals surface area (Å²) in [5.74, 6) is 0.159. The highest BCUT2D eigenvalue weighted by Crippen LogP contribution is 2.36. The third-order valence-corrected chi connectivity index (χ3v) is 2.55. The van der Waals surface area contributed by atoms with E-state index in [-0.39, 0.29) is 24.9 Å². The van der Waals surface area contributed by atoms with Crippen molar-refractivity contribution in [3.63, 3.8) is 0 Å². The normalized spacial score (nSPS) is 14.4. The SMILES string of the molecule is OCCn1c(O)c2c(c1O)CC=CC2. The van der Waals surface area contributed by atoms with Crippen molar-refractivity contribution < 1.29 is 15.3 Å². The summed E-state index contributed by atoms with van der Waals surface area (Å²) in [4.78, 5) is 0. The van der Waals surface area contributed by atoms with Crippen molar-refractivity contribution in [2.75, 3.05) is 6.61 Å². The van der Waals surface area contributed by atoms with Gasteiger partial charge in [-0.2, -0.15) is 0 Å². The van der Waals surface area contributed by atoms with Gasteiger partial charge in [0, 0.05) is 11.1 Å². The van der Waals surface area contributed by atoms with Crippen LogP contribution >= 0.6 is 0 Å². The van der Waals surface area contributed by atoms with Crippen LogP contribution in [0.2, 0.25) is 0 Å². The largest absolute Gasteiger partial charge is 0.494 e. The highest BCUT2D eigenvalue weighted by Gasteiger charge is 2.21. The monoisotopic (exact) mass is 195 g/mol. The summed E-state index contributed by atoms with van der Waals surface area (Å²) in [7, 11) is 0. The van der Waals surface area contributed by atoms with Gasteiger partial charge in [-0.25, -0.2) is 0 Å². The number of rotatable bonds is 2. The second kappa shape index (κ2) is 3.38. The van der Waals surface area contributed by atoms with Crippen LogP contribution < -0.4 is 0 Å². The predicted molar refractivity (Wildman–Crippen MR) is 51.4 cm³/mol. The molecule has 0 unspecified atom stereocenters. The molecule has 14 heavy (non-hydrogen) atoms. The van der Waals surface area contributed by atoms with E-state index in [2.05, 4.69) is 0 Å². The average molecular weight is 195 g/mol. The standard InChI is InChI=1S/C10H13NO3/c12-6-5-11-9(13)7-3-1-2-4-8(7)10(11)14/h1-2,12-14H,3-6H2. The Bertz CT molecular complexity index is 348. The molecule has 0 saturated heterocycles. The Morgan fingerprint density at radius 2 is 1.57 bits per heavy atom. The predicted octanol–water partition coefficient (Wildman–Crippen LogP) is 0.546. The minimum atomic E-state index is -0.0951. The lowest BCUT2D eigenvalue weighted by molar-refractivity contribution is 0.256. The molecule has 0 spiro atoms. The maximum absolute atomic E-state index is 9.74. The topological polar surface area (TPSA) is 65.6 Å². The Morgan fingerprint density at radius 1 is 1.07 bits per heavy atom. The van der Waals surface area contributed by atoms with Gasteiger partial charge in [0.05, 0.1) is 13.2 Å². The summed E-state index contributed by atoms with van der Waals surface area (Å²) >= 11 is 0. The highest BCUT2D eigenvalue weighted by atomic mass is 16.3. The molecule has 4 heteroatoms. The summed E-state index contributed by atoms with van der Waals surface area (Å²) < 4.78 is 1.34. The van der Waals surface area contributed by atoms with Gasteiger partial charge in [0.1, 0.15) is 0 Å². The molecule has 0 amide bonds. The van der Waals surface area contributed by atoms with Crippen LogP contribution in [0, 0.1) is 0 Å². The van der Waals surface area contributed by atoms with E-state index in [4.69, 9.17) is 5.11 Å². The fourth-order valence-electron chi connectivity index (χ4n) is 1.84. The zero-order chi connectivity index (χ0) is 10.1. The lowest BCUT2D eigenvalue weighted by Crippen LogP contribution is -2.00. The Balaban J connectivity index is 2.48. The molecule has 0 radical (unpaired) electrons. The quantitative estimate of drug-likeness (QED) is 0.604. The molecular formula is C10H13NO3. The van der Waals surface area contributed by atoms with Crippen molar-refractivity contribution in [2.24, 2.45) is 0 Å². The minimum absolute atomic E-state index is 0.0795. The van der Waals surface area contributed by atoms with Crippen molar-refractivity contribution in [2.45, 2.75) is 19.4 Å². The van der Waals surface area contributed by atoms with E-state index in [9.17, 15) is 10.2 Å². The van der Waals surface area contributed by atoms with Gasteiger partial charge in [0.2, 0.25) is 0 Å². The minimum Gasteiger partial charge on any atom is -0.494 e. The Labute approximate surface area is 81.7 Å². The molecule has 3 N–H and O–H groups in total. The first-order valence-corrected chi connectivity index (χ1v) is 4.63. The number of hydrogen-bond donors (Lipinski definition) is 3. The molecular weight excluding hydrogens is 182 g/mol. The Morgan fingerprint density at radius 3 is 2.00 bits per heavy atom. The fraction of sp³-hybridized carbons (Fsp3) is 0.400. The fourth-order valence-corrected chi connectivity index (χ4v) is 1.84. The van der Waals surface area contributed by atoms with E-state index < -0.39 is 0 Å². The molecule has 0 atom stereocenters. The van der Waals surface area contributed by atoms with Crippen molar-refractivity contribution in [3.8, 4) is 11.8 Å². The first-order valence-electron chi connectivity index (χ1n) is 4.63. The molecule has 1 aliphatic rings. The second-order valence-electron chi connectivity index (χ2n) is 3.36. The van der Waals surface area contributed by atoms with Gasteiger partial charge in [-0.15, -0.1) is 0 Å². The first-order chi connectivity index (χ1) is 6.75. The van der Waals surface area contributed by atoms with Crippen molar-refractivity contribution in [1.82, 2.24) is 4.57 Å². The number of fused-ring (bicyclic) bond motifs is 1. The summed E-state index contributed by atoms with van der Waals surface area (Å²) in [6.45, 7) is 0.132. The van der Waals surface area contributed by atoms with Crippen LogP contribution in [0.1, 0.15) is 11.1 Å². The van der Waals surface area contributed by atoms with E-state index in [1.165, 1.54) is 4.57 Å². The van der Waals surface area contributed by atoms with Crippen molar-refractivity contribution in [1.29, 1.82) is 0 Å². The molecule has 0 saturated carbocycles. The van der Waals surface area contributed by atoms with Gasteiger partial charge in [-0.05, 0) is 12.8 Å². The van der Waals surface area contributed by atoms with E-state index in [0.717, 1.165) is 11.1 Å². The zero-order valence-electron chi connectivity index (χ0n) is 7.77. The van der Waals surface area contributed by atoms with Crippen LogP contribution in [-0.2, 0) is 19.4 Å². The van der Waals surface area contributed by atoms with Crippen LogP contribution in [0.25, 0.3) is 0 Å². The van der Waals surface area contributed by atoms with Gasteiger partial charge < -0.3 is 15.3 Å². The van der Waals surface area contributed by atoms with Gasteiger partial charge >= 0.3 is 0 Å². The number of aliphatic hydroxyl groups is 1. The molecule has 1 aliphatic carbocycles. The number of aromatic hydroxyl groups is 2. The summed E-state index contributed by atoms with van der Waals surface area (Å²) in [5, 5.41) is 28.3. The number of nitrogens with zero attached hydrogens (tertiary/aromatic N) is 1. The molecule has 1 aromatic rings. The van der Waals surface area contributed by atoms with E-state index >= 15 is 0 Å². The number of aliphatic hydroxyl groups excluding tert-OH is 1. The summed E-state index contributed by atoms with van der Waals surface area (Å²) in [5.41, 5.74) is 1.55. The lowest BCUT2D eigenvalue weighted by Gasteiger charge is -2.03. The van der Waals surface area contributed by atoms with Gasteiger partial charge in [-0.3, -0.25) is 4.57 Å². The molecule has 4 nitrogen and oxygen atoms in total.